The zero-order chi connectivity index (χ0) is 22.9. The molecule has 0 fully saturated rings. The molecule has 1 amide bonds. The smallest absolute Gasteiger partial charge is 0.406 e. The number of amides is 1. The van der Waals surface area contributed by atoms with Gasteiger partial charge in [-0.15, -0.1) is 13.2 Å². The molecule has 0 bridgehead atoms. The number of rotatable bonds is 4. The van der Waals surface area contributed by atoms with E-state index >= 15 is 0 Å². The fraction of sp³-hybridized carbons (Fsp3) is 0.0455. The van der Waals surface area contributed by atoms with Crippen LogP contribution in [0.1, 0.15) is 10.4 Å². The lowest BCUT2D eigenvalue weighted by molar-refractivity contribution is -0.274. The summed E-state index contributed by atoms with van der Waals surface area (Å²) in [5.41, 5.74) is 7.99. The number of nitrogens with one attached hydrogen (secondary N) is 1. The Morgan fingerprint density at radius 2 is 1.88 bits per heavy atom. The maximum absolute atomic E-state index is 12.7. The monoisotopic (exact) mass is 458 g/mol. The van der Waals surface area contributed by atoms with Crippen LogP contribution in [0.4, 0.5) is 24.8 Å². The van der Waals surface area contributed by atoms with Crippen molar-refractivity contribution in [3.8, 4) is 16.9 Å². The van der Waals surface area contributed by atoms with Gasteiger partial charge < -0.3 is 15.8 Å². The molecule has 4 aromatic rings. The van der Waals surface area contributed by atoms with Crippen molar-refractivity contribution in [3.05, 3.63) is 77.4 Å². The van der Waals surface area contributed by atoms with E-state index in [0.29, 0.717) is 16.1 Å². The fourth-order valence-electron chi connectivity index (χ4n) is 3.08. The second-order valence-corrected chi connectivity index (χ2v) is 7.13. The molecule has 0 radical (unpaired) electrons. The summed E-state index contributed by atoms with van der Waals surface area (Å²) in [6, 6.07) is 15.1. The Hall–Kier alpha value is -3.85. The number of anilines is 2. The molecule has 0 saturated heterocycles. The number of nitrogens with two attached hydrogens (primary N) is 1. The van der Waals surface area contributed by atoms with Crippen molar-refractivity contribution in [1.29, 1.82) is 0 Å². The van der Waals surface area contributed by atoms with Gasteiger partial charge in [0.05, 0.1) is 5.52 Å². The topological polar surface area (TPSA) is 90.1 Å². The van der Waals surface area contributed by atoms with Gasteiger partial charge in [0.1, 0.15) is 5.75 Å². The van der Waals surface area contributed by atoms with Crippen LogP contribution in [0.2, 0.25) is 5.02 Å². The molecule has 0 aliphatic heterocycles. The van der Waals surface area contributed by atoms with Crippen LogP contribution in [0.25, 0.3) is 22.0 Å². The van der Waals surface area contributed by atoms with E-state index in [1.54, 1.807) is 30.5 Å². The number of hydrogen-bond donors (Lipinski definition) is 2. The van der Waals surface area contributed by atoms with E-state index in [1.165, 1.54) is 18.2 Å². The zero-order valence-electron chi connectivity index (χ0n) is 16.2. The van der Waals surface area contributed by atoms with E-state index in [9.17, 15) is 18.0 Å². The normalized spacial score (nSPS) is 11.4. The van der Waals surface area contributed by atoms with Gasteiger partial charge in [-0.3, -0.25) is 4.79 Å². The lowest BCUT2D eigenvalue weighted by Gasteiger charge is -2.12. The summed E-state index contributed by atoms with van der Waals surface area (Å²) < 4.78 is 41.2. The van der Waals surface area contributed by atoms with Gasteiger partial charge in [-0.25, -0.2) is 9.97 Å². The van der Waals surface area contributed by atoms with Crippen molar-refractivity contribution in [2.45, 2.75) is 6.36 Å². The van der Waals surface area contributed by atoms with Crippen LogP contribution in [0.15, 0.2) is 66.9 Å². The SMILES string of the molecule is Nc1ncc2cc(-c3cc(C(=O)Nc4cccc(OC(F)(F)F)c4)ccc3Cl)ccc2n1. The average Bonchev–Trinajstić information content (AvgIpc) is 2.72. The summed E-state index contributed by atoms with van der Waals surface area (Å²) in [4.78, 5) is 20.8. The van der Waals surface area contributed by atoms with Gasteiger partial charge in [0.2, 0.25) is 5.95 Å². The van der Waals surface area contributed by atoms with E-state index in [1.807, 2.05) is 6.07 Å². The van der Waals surface area contributed by atoms with Gasteiger partial charge in [-0.1, -0.05) is 23.7 Å². The number of carbonyl (C=O) groups excluding carboxylic acids is 1. The van der Waals surface area contributed by atoms with Crippen LogP contribution in [-0.2, 0) is 0 Å². The third-order valence-corrected chi connectivity index (χ3v) is 4.79. The number of alkyl halides is 3. The summed E-state index contributed by atoms with van der Waals surface area (Å²) in [6.07, 6.45) is -3.24. The Morgan fingerprint density at radius 3 is 2.66 bits per heavy atom. The third-order valence-electron chi connectivity index (χ3n) is 4.46. The average molecular weight is 459 g/mol. The van der Waals surface area contributed by atoms with Crippen molar-refractivity contribution < 1.29 is 22.7 Å². The van der Waals surface area contributed by atoms with Crippen LogP contribution in [0.3, 0.4) is 0 Å². The Kier molecular flexibility index (Phi) is 5.58. The highest BCUT2D eigenvalue weighted by Gasteiger charge is 2.31. The summed E-state index contributed by atoms with van der Waals surface area (Å²) >= 11 is 6.35. The molecular weight excluding hydrogens is 445 g/mol. The number of halogens is 4. The first-order valence-electron chi connectivity index (χ1n) is 9.17. The highest BCUT2D eigenvalue weighted by Crippen LogP contribution is 2.31. The second-order valence-electron chi connectivity index (χ2n) is 6.73. The predicted molar refractivity (Wildman–Crippen MR) is 115 cm³/mol. The molecule has 3 N–H and O–H groups in total. The number of nitrogens with zero attached hydrogens (tertiary/aromatic N) is 2. The fourth-order valence-corrected chi connectivity index (χ4v) is 3.30. The molecule has 6 nitrogen and oxygen atoms in total. The summed E-state index contributed by atoms with van der Waals surface area (Å²) in [5.74, 6) is -0.804. The maximum atomic E-state index is 12.7. The maximum Gasteiger partial charge on any atom is 0.573 e. The number of aromatic nitrogens is 2. The molecular formula is C22H14ClF3N4O2. The first-order valence-corrected chi connectivity index (χ1v) is 9.55. The molecule has 0 atom stereocenters. The van der Waals surface area contributed by atoms with Gasteiger partial charge >= 0.3 is 6.36 Å². The quantitative estimate of drug-likeness (QED) is 0.410. The van der Waals surface area contributed by atoms with Crippen molar-refractivity contribution in [1.82, 2.24) is 9.97 Å². The van der Waals surface area contributed by atoms with Gasteiger partial charge in [-0.2, -0.15) is 0 Å². The van der Waals surface area contributed by atoms with Crippen LogP contribution in [-0.4, -0.2) is 22.2 Å². The van der Waals surface area contributed by atoms with Gasteiger partial charge in [0, 0.05) is 39.5 Å². The first kappa shape index (κ1) is 21.4. The lowest BCUT2D eigenvalue weighted by Crippen LogP contribution is -2.17. The Morgan fingerprint density at radius 1 is 1.06 bits per heavy atom. The molecule has 32 heavy (non-hydrogen) atoms. The van der Waals surface area contributed by atoms with Crippen molar-refractivity contribution in [3.63, 3.8) is 0 Å². The number of carbonyl (C=O) groups is 1. The molecule has 0 saturated carbocycles. The number of fused-ring (bicyclic) bond motifs is 1. The molecule has 3 aromatic carbocycles. The minimum Gasteiger partial charge on any atom is -0.406 e. The van der Waals surface area contributed by atoms with E-state index in [4.69, 9.17) is 17.3 Å². The molecule has 0 aliphatic carbocycles. The largest absolute Gasteiger partial charge is 0.573 e. The highest BCUT2D eigenvalue weighted by atomic mass is 35.5. The van der Waals surface area contributed by atoms with E-state index < -0.39 is 18.0 Å². The molecule has 1 heterocycles. The molecule has 162 valence electrons. The van der Waals surface area contributed by atoms with Crippen LogP contribution < -0.4 is 15.8 Å². The summed E-state index contributed by atoms with van der Waals surface area (Å²) in [7, 11) is 0. The van der Waals surface area contributed by atoms with Gasteiger partial charge in [0.25, 0.3) is 5.91 Å². The minimum absolute atomic E-state index is 0.147. The van der Waals surface area contributed by atoms with E-state index in [2.05, 4.69) is 20.0 Å². The molecule has 0 spiro atoms. The van der Waals surface area contributed by atoms with Gasteiger partial charge in [0.15, 0.2) is 0 Å². The zero-order valence-corrected chi connectivity index (χ0v) is 16.9. The second kappa shape index (κ2) is 8.35. The Labute approximate surface area is 184 Å². The predicted octanol–water partition coefficient (Wildman–Crippen LogP) is 5.68. The molecule has 10 heteroatoms. The summed E-state index contributed by atoms with van der Waals surface area (Å²) in [6.45, 7) is 0. The molecule has 0 unspecified atom stereocenters. The molecule has 4 rings (SSSR count). The number of ether oxygens (including phenoxy) is 1. The third kappa shape index (κ3) is 4.89. The van der Waals surface area contributed by atoms with Gasteiger partial charge in [-0.05, 0) is 48.0 Å². The lowest BCUT2D eigenvalue weighted by atomic mass is 10.0. The minimum atomic E-state index is -4.83. The highest BCUT2D eigenvalue weighted by molar-refractivity contribution is 6.33. The Balaban J connectivity index is 1.61. The standard InChI is InChI=1S/C22H14ClF3N4O2/c23-18-6-4-13(20(31)29-15-2-1-3-16(10-15)32-22(24,25)26)9-17(18)12-5-7-19-14(8-12)11-28-21(27)30-19/h1-11H,(H,29,31)(H2,27,28,30). The van der Waals surface area contributed by atoms with E-state index in [-0.39, 0.29) is 17.2 Å². The van der Waals surface area contributed by atoms with Crippen LogP contribution in [0, 0.1) is 0 Å². The van der Waals surface area contributed by atoms with Crippen molar-refractivity contribution in [2.24, 2.45) is 0 Å². The number of benzene rings is 3. The van der Waals surface area contributed by atoms with Crippen molar-refractivity contribution >= 4 is 40.0 Å². The van der Waals surface area contributed by atoms with Crippen LogP contribution >= 0.6 is 11.6 Å². The first-order chi connectivity index (χ1) is 15.2. The molecule has 1 aromatic heterocycles. The molecule has 0 aliphatic rings. The van der Waals surface area contributed by atoms with Crippen LogP contribution in [0.5, 0.6) is 5.75 Å². The number of hydrogen-bond acceptors (Lipinski definition) is 5. The Bertz CT molecular complexity index is 1330. The van der Waals surface area contributed by atoms with E-state index in [0.717, 1.165) is 23.1 Å². The number of nitrogen functional groups attached to an aromatic ring is 1. The summed E-state index contributed by atoms with van der Waals surface area (Å²) in [5, 5.41) is 3.71. The van der Waals surface area contributed by atoms with Crippen molar-refractivity contribution in [2.75, 3.05) is 11.1 Å².